The molecule has 0 aliphatic carbocycles. The monoisotopic (exact) mass is 299 g/mol. The quantitative estimate of drug-likeness (QED) is 0.879. The molecule has 0 aliphatic rings. The van der Waals surface area contributed by atoms with Crippen LogP contribution in [0.5, 0.6) is 5.75 Å². The fourth-order valence-corrected chi connectivity index (χ4v) is 1.61. The van der Waals surface area contributed by atoms with Crippen LogP contribution in [0, 0.1) is 5.41 Å². The van der Waals surface area contributed by atoms with Crippen molar-refractivity contribution >= 4 is 17.5 Å². The predicted octanol–water partition coefficient (Wildman–Crippen LogP) is 2.63. The summed E-state index contributed by atoms with van der Waals surface area (Å²) in [5, 5.41) is 13.0. The lowest BCUT2D eigenvalue weighted by Gasteiger charge is -2.26. The van der Waals surface area contributed by atoms with Crippen molar-refractivity contribution in [2.75, 3.05) is 6.54 Å². The second-order valence-corrected chi connectivity index (χ2v) is 6.22. The number of carbonyl (C=O) groups excluding carboxylic acids is 1. The van der Waals surface area contributed by atoms with Gasteiger partial charge in [-0.2, -0.15) is 0 Å². The third-order valence-corrected chi connectivity index (χ3v) is 3.29. The zero-order valence-corrected chi connectivity index (χ0v) is 13.1. The lowest BCUT2D eigenvalue weighted by atomic mass is 9.89. The maximum absolute atomic E-state index is 11.9. The molecule has 1 aromatic rings. The number of amides is 1. The molecule has 0 radical (unpaired) electrons. The smallest absolute Gasteiger partial charge is 0.260 e. The number of hydrogen-bond donors (Lipinski definition) is 2. The van der Waals surface area contributed by atoms with Crippen molar-refractivity contribution in [3.8, 4) is 5.75 Å². The number of ether oxygens (including phenoxy) is 1. The van der Waals surface area contributed by atoms with E-state index in [9.17, 15) is 9.90 Å². The van der Waals surface area contributed by atoms with E-state index in [-0.39, 0.29) is 17.9 Å². The van der Waals surface area contributed by atoms with Crippen LogP contribution >= 0.6 is 11.6 Å². The molecule has 0 bridgehead atoms. The summed E-state index contributed by atoms with van der Waals surface area (Å²) in [7, 11) is 0. The molecule has 0 heterocycles. The molecule has 4 nitrogen and oxygen atoms in total. The van der Waals surface area contributed by atoms with Gasteiger partial charge in [-0.1, -0.05) is 44.5 Å². The fraction of sp³-hybridized carbons (Fsp3) is 0.533. The topological polar surface area (TPSA) is 58.6 Å². The third kappa shape index (κ3) is 5.02. The van der Waals surface area contributed by atoms with Crippen molar-refractivity contribution in [1.82, 2.24) is 5.32 Å². The van der Waals surface area contributed by atoms with Gasteiger partial charge in [-0.05, 0) is 24.5 Å². The molecule has 1 aromatic carbocycles. The second-order valence-electron chi connectivity index (χ2n) is 5.82. The molecule has 5 heteroatoms. The highest BCUT2D eigenvalue weighted by atomic mass is 35.5. The molecular weight excluding hydrogens is 278 g/mol. The summed E-state index contributed by atoms with van der Waals surface area (Å²) >= 11 is 5.96. The number of carbonyl (C=O) groups is 1. The van der Waals surface area contributed by atoms with Gasteiger partial charge in [0.05, 0.1) is 11.1 Å². The molecule has 20 heavy (non-hydrogen) atoms. The predicted molar refractivity (Wildman–Crippen MR) is 80.0 cm³/mol. The Morgan fingerprint density at radius 1 is 1.40 bits per heavy atom. The highest BCUT2D eigenvalue weighted by Crippen LogP contribution is 2.24. The van der Waals surface area contributed by atoms with Crippen LogP contribution in [0.25, 0.3) is 0 Å². The molecule has 2 atom stereocenters. The Hall–Kier alpha value is -1.26. The van der Waals surface area contributed by atoms with Gasteiger partial charge in [-0.25, -0.2) is 0 Å². The van der Waals surface area contributed by atoms with Crippen molar-refractivity contribution in [2.24, 2.45) is 5.41 Å². The van der Waals surface area contributed by atoms with Gasteiger partial charge in [0.15, 0.2) is 6.10 Å². The van der Waals surface area contributed by atoms with Crippen LogP contribution in [0.3, 0.4) is 0 Å². The van der Waals surface area contributed by atoms with E-state index in [2.05, 4.69) is 5.32 Å². The van der Waals surface area contributed by atoms with E-state index >= 15 is 0 Å². The molecule has 1 amide bonds. The zero-order chi connectivity index (χ0) is 15.3. The van der Waals surface area contributed by atoms with Gasteiger partial charge >= 0.3 is 0 Å². The van der Waals surface area contributed by atoms with E-state index in [4.69, 9.17) is 16.3 Å². The van der Waals surface area contributed by atoms with Gasteiger partial charge in [-0.3, -0.25) is 4.79 Å². The summed E-state index contributed by atoms with van der Waals surface area (Å²) in [5.41, 5.74) is -0.278. The normalized spacial score (nSPS) is 14.5. The second kappa shape index (κ2) is 6.95. The molecule has 0 spiro atoms. The maximum Gasteiger partial charge on any atom is 0.260 e. The lowest BCUT2D eigenvalue weighted by molar-refractivity contribution is -0.128. The van der Waals surface area contributed by atoms with E-state index in [1.807, 2.05) is 20.8 Å². The number of rotatable bonds is 5. The Balaban J connectivity index is 2.50. The Kier molecular flexibility index (Phi) is 5.84. The van der Waals surface area contributed by atoms with Crippen LogP contribution in [0.1, 0.15) is 27.7 Å². The molecular formula is C15H22ClNO3. The van der Waals surface area contributed by atoms with Gasteiger partial charge in [0.2, 0.25) is 0 Å². The number of halogens is 1. The highest BCUT2D eigenvalue weighted by Gasteiger charge is 2.24. The van der Waals surface area contributed by atoms with Gasteiger partial charge < -0.3 is 15.2 Å². The zero-order valence-electron chi connectivity index (χ0n) is 12.3. The number of nitrogens with one attached hydrogen (secondary N) is 1. The van der Waals surface area contributed by atoms with Gasteiger partial charge in [0.25, 0.3) is 5.91 Å². The van der Waals surface area contributed by atoms with Crippen LogP contribution in [-0.2, 0) is 4.79 Å². The third-order valence-electron chi connectivity index (χ3n) is 2.98. The minimum Gasteiger partial charge on any atom is -0.479 e. The Morgan fingerprint density at radius 2 is 2.00 bits per heavy atom. The SMILES string of the molecule is CC(Oc1ccccc1Cl)C(=O)NCC(O)C(C)(C)C. The fourth-order valence-electron chi connectivity index (χ4n) is 1.43. The minimum absolute atomic E-state index is 0.193. The summed E-state index contributed by atoms with van der Waals surface area (Å²) in [6, 6.07) is 6.98. The van der Waals surface area contributed by atoms with E-state index in [1.165, 1.54) is 0 Å². The van der Waals surface area contributed by atoms with Crippen LogP contribution in [-0.4, -0.2) is 29.8 Å². The first kappa shape index (κ1) is 16.8. The maximum atomic E-state index is 11.9. The lowest BCUT2D eigenvalue weighted by Crippen LogP contribution is -2.43. The van der Waals surface area contributed by atoms with Gasteiger partial charge in [-0.15, -0.1) is 0 Å². The molecule has 0 saturated heterocycles. The Bertz CT molecular complexity index is 457. The van der Waals surface area contributed by atoms with E-state index in [0.29, 0.717) is 10.8 Å². The van der Waals surface area contributed by atoms with E-state index in [0.717, 1.165) is 0 Å². The summed E-state index contributed by atoms with van der Waals surface area (Å²) in [5.74, 6) is 0.182. The molecule has 0 fully saturated rings. The molecule has 2 unspecified atom stereocenters. The average molecular weight is 300 g/mol. The number of para-hydroxylation sites is 1. The molecule has 0 saturated carbocycles. The van der Waals surface area contributed by atoms with Gasteiger partial charge in [0.1, 0.15) is 5.75 Å². The minimum atomic E-state index is -0.679. The Morgan fingerprint density at radius 3 is 2.55 bits per heavy atom. The van der Waals surface area contributed by atoms with Crippen molar-refractivity contribution < 1.29 is 14.6 Å². The van der Waals surface area contributed by atoms with Crippen molar-refractivity contribution in [1.29, 1.82) is 0 Å². The van der Waals surface area contributed by atoms with E-state index in [1.54, 1.807) is 31.2 Å². The number of aliphatic hydroxyl groups excluding tert-OH is 1. The summed E-state index contributed by atoms with van der Waals surface area (Å²) in [4.78, 5) is 11.9. The average Bonchev–Trinajstić information content (AvgIpc) is 2.36. The standard InChI is InChI=1S/C15H22ClNO3/c1-10(20-12-8-6-5-7-11(12)16)14(19)17-9-13(18)15(2,3)4/h5-8,10,13,18H,9H2,1-4H3,(H,17,19). The first-order valence-electron chi connectivity index (χ1n) is 6.58. The number of aliphatic hydroxyl groups is 1. The van der Waals surface area contributed by atoms with Crippen molar-refractivity contribution in [3.63, 3.8) is 0 Å². The molecule has 2 N–H and O–H groups in total. The Labute approximate surface area is 125 Å². The first-order valence-corrected chi connectivity index (χ1v) is 6.96. The molecule has 0 aromatic heterocycles. The van der Waals surface area contributed by atoms with Crippen molar-refractivity contribution in [3.05, 3.63) is 29.3 Å². The molecule has 112 valence electrons. The molecule has 1 rings (SSSR count). The summed E-state index contributed by atoms with van der Waals surface area (Å²) in [6.45, 7) is 7.56. The van der Waals surface area contributed by atoms with Crippen LogP contribution in [0.4, 0.5) is 0 Å². The number of benzene rings is 1. The van der Waals surface area contributed by atoms with Gasteiger partial charge in [0, 0.05) is 6.54 Å². The van der Waals surface area contributed by atoms with Crippen LogP contribution in [0.2, 0.25) is 5.02 Å². The number of hydrogen-bond acceptors (Lipinski definition) is 3. The largest absolute Gasteiger partial charge is 0.479 e. The van der Waals surface area contributed by atoms with Crippen molar-refractivity contribution in [2.45, 2.75) is 39.9 Å². The highest BCUT2D eigenvalue weighted by molar-refractivity contribution is 6.32. The summed E-state index contributed by atoms with van der Waals surface area (Å²) in [6.07, 6.45) is -1.29. The van der Waals surface area contributed by atoms with Crippen LogP contribution in [0.15, 0.2) is 24.3 Å². The van der Waals surface area contributed by atoms with Crippen LogP contribution < -0.4 is 10.1 Å². The van der Waals surface area contributed by atoms with E-state index < -0.39 is 12.2 Å². The molecule has 0 aliphatic heterocycles. The first-order chi connectivity index (χ1) is 9.21. The summed E-state index contributed by atoms with van der Waals surface area (Å²) < 4.78 is 5.50.